The lowest BCUT2D eigenvalue weighted by molar-refractivity contribution is -0.139. The standard InChI is InChI=1S/C12H12BrClN2O3/c13-8-5-7(3-4-9(8)14)15-12(19)16-10(11(17)18)6-1-2-6/h3-6,10H,1-2H2,(H,17,18)(H2,15,16,19). The van der Waals surface area contributed by atoms with Crippen molar-refractivity contribution in [2.75, 3.05) is 5.32 Å². The van der Waals surface area contributed by atoms with Crippen molar-refractivity contribution in [2.45, 2.75) is 18.9 Å². The number of hydrogen-bond acceptors (Lipinski definition) is 2. The molecule has 1 aliphatic rings. The van der Waals surface area contributed by atoms with E-state index in [0.717, 1.165) is 12.8 Å². The summed E-state index contributed by atoms with van der Waals surface area (Å²) in [6, 6.07) is 3.56. The van der Waals surface area contributed by atoms with Crippen LogP contribution in [0.1, 0.15) is 12.8 Å². The van der Waals surface area contributed by atoms with E-state index in [1.807, 2.05) is 0 Å². The molecular formula is C12H12BrClN2O3. The quantitative estimate of drug-likeness (QED) is 0.783. The Morgan fingerprint density at radius 3 is 2.63 bits per heavy atom. The number of hydrogen-bond donors (Lipinski definition) is 3. The number of aliphatic carboxylic acids is 1. The monoisotopic (exact) mass is 346 g/mol. The Labute approximate surface area is 123 Å². The molecule has 1 atom stereocenters. The number of halogens is 2. The SMILES string of the molecule is O=C(Nc1ccc(Cl)c(Br)c1)NC(C(=O)O)C1CC1. The average molecular weight is 348 g/mol. The Hall–Kier alpha value is -1.27. The number of carboxylic acid groups (broad SMARTS) is 1. The third-order valence-corrected chi connectivity index (χ3v) is 4.04. The highest BCUT2D eigenvalue weighted by atomic mass is 79.9. The molecule has 0 bridgehead atoms. The first-order valence-electron chi connectivity index (χ1n) is 5.73. The molecule has 2 amide bonds. The van der Waals surface area contributed by atoms with Gasteiger partial charge in [0.15, 0.2) is 0 Å². The van der Waals surface area contributed by atoms with E-state index in [9.17, 15) is 9.59 Å². The second kappa shape index (κ2) is 5.79. The Morgan fingerprint density at radius 1 is 1.42 bits per heavy atom. The molecule has 1 aliphatic carbocycles. The summed E-state index contributed by atoms with van der Waals surface area (Å²) in [7, 11) is 0. The smallest absolute Gasteiger partial charge is 0.326 e. The average Bonchev–Trinajstić information content (AvgIpc) is 3.14. The molecule has 0 radical (unpaired) electrons. The molecule has 1 aromatic rings. The van der Waals surface area contributed by atoms with Gasteiger partial charge in [0.1, 0.15) is 6.04 Å². The first-order chi connectivity index (χ1) is 8.97. The van der Waals surface area contributed by atoms with Crippen molar-refractivity contribution in [2.24, 2.45) is 5.92 Å². The molecule has 0 aliphatic heterocycles. The number of carbonyl (C=O) groups is 2. The lowest BCUT2D eigenvalue weighted by atomic mass is 10.2. The Morgan fingerprint density at radius 2 is 2.11 bits per heavy atom. The van der Waals surface area contributed by atoms with Crippen molar-refractivity contribution in [1.29, 1.82) is 0 Å². The summed E-state index contributed by atoms with van der Waals surface area (Å²) in [6.07, 6.45) is 1.67. The lowest BCUT2D eigenvalue weighted by Crippen LogP contribution is -2.44. The van der Waals surface area contributed by atoms with Crippen LogP contribution < -0.4 is 10.6 Å². The number of rotatable bonds is 4. The molecule has 0 saturated heterocycles. The fourth-order valence-electron chi connectivity index (χ4n) is 1.69. The van der Waals surface area contributed by atoms with Crippen LogP contribution in [0.15, 0.2) is 22.7 Å². The van der Waals surface area contributed by atoms with E-state index in [1.54, 1.807) is 18.2 Å². The number of benzene rings is 1. The summed E-state index contributed by atoms with van der Waals surface area (Å²) in [6.45, 7) is 0. The zero-order valence-corrected chi connectivity index (χ0v) is 12.2. The van der Waals surface area contributed by atoms with Crippen molar-refractivity contribution >= 4 is 45.2 Å². The molecule has 1 fully saturated rings. The van der Waals surface area contributed by atoms with Crippen LogP contribution in [0.3, 0.4) is 0 Å². The minimum atomic E-state index is -1.00. The van der Waals surface area contributed by atoms with E-state index >= 15 is 0 Å². The van der Waals surface area contributed by atoms with Gasteiger partial charge < -0.3 is 15.7 Å². The second-order valence-corrected chi connectivity index (χ2v) is 5.64. The van der Waals surface area contributed by atoms with Crippen LogP contribution >= 0.6 is 27.5 Å². The minimum absolute atomic E-state index is 0.0419. The normalized spacial score (nSPS) is 15.7. The Bertz CT molecular complexity index is 520. The molecule has 0 spiro atoms. The first-order valence-corrected chi connectivity index (χ1v) is 6.90. The number of carbonyl (C=O) groups excluding carboxylic acids is 1. The summed E-state index contributed by atoms with van der Waals surface area (Å²) >= 11 is 9.09. The molecule has 0 aromatic heterocycles. The van der Waals surface area contributed by atoms with Crippen molar-refractivity contribution in [3.05, 3.63) is 27.7 Å². The molecule has 2 rings (SSSR count). The highest BCUT2D eigenvalue weighted by Gasteiger charge is 2.37. The van der Waals surface area contributed by atoms with E-state index in [1.165, 1.54) is 0 Å². The van der Waals surface area contributed by atoms with E-state index in [4.69, 9.17) is 16.7 Å². The molecule has 1 unspecified atom stereocenters. The molecule has 1 saturated carbocycles. The molecule has 7 heteroatoms. The lowest BCUT2D eigenvalue weighted by Gasteiger charge is -2.14. The largest absolute Gasteiger partial charge is 0.480 e. The Balaban J connectivity index is 1.96. The van der Waals surface area contributed by atoms with E-state index in [-0.39, 0.29) is 5.92 Å². The topological polar surface area (TPSA) is 78.4 Å². The molecule has 0 heterocycles. The van der Waals surface area contributed by atoms with Gasteiger partial charge in [0.25, 0.3) is 0 Å². The summed E-state index contributed by atoms with van der Waals surface area (Å²) in [5.74, 6) is -0.963. The van der Waals surface area contributed by atoms with Crippen molar-refractivity contribution < 1.29 is 14.7 Å². The van der Waals surface area contributed by atoms with Crippen molar-refractivity contribution in [3.63, 3.8) is 0 Å². The van der Waals surface area contributed by atoms with Gasteiger partial charge in [0, 0.05) is 10.2 Å². The first kappa shape index (κ1) is 14.1. The third kappa shape index (κ3) is 3.84. The highest BCUT2D eigenvalue weighted by Crippen LogP contribution is 2.32. The molecule has 19 heavy (non-hydrogen) atoms. The van der Waals surface area contributed by atoms with Gasteiger partial charge in [-0.1, -0.05) is 11.6 Å². The predicted octanol–water partition coefficient (Wildman–Crippen LogP) is 3.09. The van der Waals surface area contributed by atoms with Gasteiger partial charge in [-0.15, -0.1) is 0 Å². The maximum Gasteiger partial charge on any atom is 0.326 e. The Kier molecular flexibility index (Phi) is 4.31. The maximum atomic E-state index is 11.7. The fraction of sp³-hybridized carbons (Fsp3) is 0.333. The van der Waals surface area contributed by atoms with Gasteiger partial charge in [0.2, 0.25) is 0 Å². The van der Waals surface area contributed by atoms with Gasteiger partial charge in [0.05, 0.1) is 5.02 Å². The van der Waals surface area contributed by atoms with Crippen LogP contribution in [0.4, 0.5) is 10.5 Å². The summed E-state index contributed by atoms with van der Waals surface area (Å²) in [5, 5.41) is 14.6. The van der Waals surface area contributed by atoms with Gasteiger partial charge in [-0.25, -0.2) is 9.59 Å². The van der Waals surface area contributed by atoms with Gasteiger partial charge in [-0.2, -0.15) is 0 Å². The third-order valence-electron chi connectivity index (χ3n) is 2.82. The summed E-state index contributed by atoms with van der Waals surface area (Å²) < 4.78 is 0.656. The molecule has 1 aromatic carbocycles. The van der Waals surface area contributed by atoms with Gasteiger partial charge in [-0.05, 0) is 52.9 Å². The fourth-order valence-corrected chi connectivity index (χ4v) is 2.19. The maximum absolute atomic E-state index is 11.7. The van der Waals surface area contributed by atoms with Crippen LogP contribution in [-0.2, 0) is 4.79 Å². The molecular weight excluding hydrogens is 336 g/mol. The van der Waals surface area contributed by atoms with Crippen LogP contribution in [0, 0.1) is 5.92 Å². The van der Waals surface area contributed by atoms with Crippen LogP contribution in [0.2, 0.25) is 5.02 Å². The zero-order chi connectivity index (χ0) is 14.0. The highest BCUT2D eigenvalue weighted by molar-refractivity contribution is 9.10. The summed E-state index contributed by atoms with van der Waals surface area (Å²) in [4.78, 5) is 22.7. The minimum Gasteiger partial charge on any atom is -0.480 e. The number of carboxylic acids is 1. The van der Waals surface area contributed by atoms with Crippen LogP contribution in [-0.4, -0.2) is 23.1 Å². The van der Waals surface area contributed by atoms with Gasteiger partial charge in [-0.3, -0.25) is 0 Å². The van der Waals surface area contributed by atoms with Crippen LogP contribution in [0.5, 0.6) is 0 Å². The molecule has 5 nitrogen and oxygen atoms in total. The van der Waals surface area contributed by atoms with Crippen molar-refractivity contribution in [1.82, 2.24) is 5.32 Å². The predicted molar refractivity (Wildman–Crippen MR) is 75.5 cm³/mol. The summed E-state index contributed by atoms with van der Waals surface area (Å²) in [5.41, 5.74) is 0.536. The van der Waals surface area contributed by atoms with Crippen LogP contribution in [0.25, 0.3) is 0 Å². The second-order valence-electron chi connectivity index (χ2n) is 4.38. The van der Waals surface area contributed by atoms with Crippen molar-refractivity contribution in [3.8, 4) is 0 Å². The van der Waals surface area contributed by atoms with E-state index in [2.05, 4.69) is 26.6 Å². The number of anilines is 1. The number of urea groups is 1. The zero-order valence-electron chi connectivity index (χ0n) is 9.82. The number of nitrogens with one attached hydrogen (secondary N) is 2. The van der Waals surface area contributed by atoms with Gasteiger partial charge >= 0.3 is 12.0 Å². The van der Waals surface area contributed by atoms with E-state index < -0.39 is 18.0 Å². The number of amides is 2. The molecule has 3 N–H and O–H groups in total. The molecule has 102 valence electrons. The van der Waals surface area contributed by atoms with E-state index in [0.29, 0.717) is 15.2 Å².